The van der Waals surface area contributed by atoms with E-state index in [1.807, 2.05) is 0 Å². The molecule has 128 valence electrons. The van der Waals surface area contributed by atoms with Gasteiger partial charge in [0.2, 0.25) is 6.79 Å². The summed E-state index contributed by atoms with van der Waals surface area (Å²) in [5.41, 5.74) is 0.452. The number of hydrogen-bond donors (Lipinski definition) is 0. The third-order valence-corrected chi connectivity index (χ3v) is 3.68. The lowest BCUT2D eigenvalue weighted by atomic mass is 10.1. The smallest absolute Gasteiger partial charge is 0.401 e. The number of alkyl halides is 3. The summed E-state index contributed by atoms with van der Waals surface area (Å²) in [6, 6.07) is 4.90. The molecule has 0 aromatic heterocycles. The molecule has 0 aliphatic carbocycles. The molecule has 1 amide bonds. The van der Waals surface area contributed by atoms with Crippen molar-refractivity contribution in [3.63, 3.8) is 0 Å². The van der Waals surface area contributed by atoms with Crippen LogP contribution in [0.15, 0.2) is 18.2 Å². The molecular weight excluding hydrogens is 337 g/mol. The van der Waals surface area contributed by atoms with Crippen LogP contribution in [0.3, 0.4) is 0 Å². The number of benzene rings is 1. The normalized spacial score (nSPS) is 17.8. The number of fused-ring (bicyclic) bond motifs is 1. The lowest BCUT2D eigenvalue weighted by Crippen LogP contribution is -2.50. The number of nitrogens with zero attached hydrogens (tertiary/aromatic N) is 2. The van der Waals surface area contributed by atoms with E-state index in [9.17, 15) is 18.0 Å². The Morgan fingerprint density at radius 3 is 2.39 bits per heavy atom. The highest BCUT2D eigenvalue weighted by atomic mass is 35.5. The van der Waals surface area contributed by atoms with Gasteiger partial charge in [0, 0.05) is 31.7 Å². The number of halogens is 4. The summed E-state index contributed by atoms with van der Waals surface area (Å²) in [7, 11) is 0. The van der Waals surface area contributed by atoms with Gasteiger partial charge in [0.15, 0.2) is 11.5 Å². The molecule has 2 aliphatic rings. The summed E-state index contributed by atoms with van der Waals surface area (Å²) < 4.78 is 47.4. The quantitative estimate of drug-likeness (QED) is 0.818. The summed E-state index contributed by atoms with van der Waals surface area (Å²) in [5.74, 6) is 0.901. The molecule has 0 unspecified atom stereocenters. The highest BCUT2D eigenvalue weighted by Crippen LogP contribution is 2.32. The van der Waals surface area contributed by atoms with Crippen molar-refractivity contribution in [2.75, 3.05) is 39.5 Å². The first-order chi connectivity index (χ1) is 10.4. The van der Waals surface area contributed by atoms with Crippen LogP contribution >= 0.6 is 12.4 Å². The molecule has 0 radical (unpaired) electrons. The van der Waals surface area contributed by atoms with Crippen LogP contribution in [0.1, 0.15) is 10.4 Å². The maximum Gasteiger partial charge on any atom is 0.401 e. The van der Waals surface area contributed by atoms with Crippen molar-refractivity contribution in [1.29, 1.82) is 0 Å². The Bertz CT molecular complexity index is 575. The second-order valence-electron chi connectivity index (χ2n) is 5.25. The highest BCUT2D eigenvalue weighted by molar-refractivity contribution is 5.95. The summed E-state index contributed by atoms with van der Waals surface area (Å²) >= 11 is 0. The van der Waals surface area contributed by atoms with E-state index in [-0.39, 0.29) is 51.3 Å². The number of rotatable bonds is 2. The van der Waals surface area contributed by atoms with Gasteiger partial charge in [0.25, 0.3) is 5.91 Å². The molecule has 23 heavy (non-hydrogen) atoms. The van der Waals surface area contributed by atoms with Gasteiger partial charge >= 0.3 is 6.18 Å². The van der Waals surface area contributed by atoms with Gasteiger partial charge in [-0.3, -0.25) is 9.69 Å². The van der Waals surface area contributed by atoms with Gasteiger partial charge in [-0.25, -0.2) is 0 Å². The zero-order valence-corrected chi connectivity index (χ0v) is 13.0. The maximum absolute atomic E-state index is 12.4. The lowest BCUT2D eigenvalue weighted by molar-refractivity contribution is -0.148. The Morgan fingerprint density at radius 2 is 1.74 bits per heavy atom. The second kappa shape index (κ2) is 6.84. The second-order valence-corrected chi connectivity index (χ2v) is 5.25. The number of amides is 1. The Kier molecular flexibility index (Phi) is 5.26. The van der Waals surface area contributed by atoms with E-state index in [0.29, 0.717) is 17.1 Å². The van der Waals surface area contributed by atoms with Gasteiger partial charge in [-0.1, -0.05) is 0 Å². The predicted molar refractivity (Wildman–Crippen MR) is 78.2 cm³/mol. The van der Waals surface area contributed by atoms with E-state index in [2.05, 4.69) is 0 Å². The molecule has 0 bridgehead atoms. The van der Waals surface area contributed by atoms with Crippen molar-refractivity contribution in [3.05, 3.63) is 23.8 Å². The lowest BCUT2D eigenvalue weighted by Gasteiger charge is -2.35. The van der Waals surface area contributed by atoms with E-state index >= 15 is 0 Å². The number of ether oxygens (including phenoxy) is 2. The Balaban J connectivity index is 0.00000192. The average molecular weight is 353 g/mol. The zero-order valence-electron chi connectivity index (χ0n) is 12.1. The molecule has 1 fully saturated rings. The fourth-order valence-electron chi connectivity index (χ4n) is 2.57. The molecule has 0 spiro atoms. The molecule has 1 saturated heterocycles. The molecule has 9 heteroatoms. The van der Waals surface area contributed by atoms with Crippen molar-refractivity contribution >= 4 is 18.3 Å². The molecule has 1 aromatic rings. The van der Waals surface area contributed by atoms with Crippen LogP contribution in [0.2, 0.25) is 0 Å². The van der Waals surface area contributed by atoms with Crippen molar-refractivity contribution in [2.45, 2.75) is 6.18 Å². The van der Waals surface area contributed by atoms with Crippen LogP contribution in [-0.4, -0.2) is 61.4 Å². The standard InChI is InChI=1S/C14H15F3N2O3.ClH/c15-14(16,17)8-18-3-5-19(6-4-18)13(20)10-1-2-11-12(7-10)22-9-21-11;/h1-2,7H,3-6,8-9H2;1H. The van der Waals surface area contributed by atoms with Crippen LogP contribution in [0, 0.1) is 0 Å². The minimum Gasteiger partial charge on any atom is -0.454 e. The minimum absolute atomic E-state index is 0. The number of piperazine rings is 1. The third kappa shape index (κ3) is 4.20. The average Bonchev–Trinajstić information content (AvgIpc) is 2.93. The number of carbonyl (C=O) groups excluding carboxylic acids is 1. The van der Waals surface area contributed by atoms with E-state index in [0.717, 1.165) is 0 Å². The molecule has 1 aromatic carbocycles. The fourth-order valence-corrected chi connectivity index (χ4v) is 2.57. The molecule has 5 nitrogen and oxygen atoms in total. The zero-order chi connectivity index (χ0) is 15.7. The van der Waals surface area contributed by atoms with Crippen molar-refractivity contribution in [1.82, 2.24) is 9.80 Å². The van der Waals surface area contributed by atoms with E-state index in [1.54, 1.807) is 23.1 Å². The summed E-state index contributed by atoms with van der Waals surface area (Å²) in [5, 5.41) is 0. The van der Waals surface area contributed by atoms with E-state index < -0.39 is 12.7 Å². The molecular formula is C14H16ClF3N2O3. The molecule has 0 atom stereocenters. The first-order valence-electron chi connectivity index (χ1n) is 6.90. The van der Waals surface area contributed by atoms with Crippen LogP contribution in [0.4, 0.5) is 13.2 Å². The molecule has 2 aliphatic heterocycles. The summed E-state index contributed by atoms with van der Waals surface area (Å²) in [4.78, 5) is 15.2. The number of carbonyl (C=O) groups is 1. The minimum atomic E-state index is -4.20. The summed E-state index contributed by atoms with van der Waals surface area (Å²) in [6.07, 6.45) is -4.20. The molecule has 0 saturated carbocycles. The monoisotopic (exact) mass is 352 g/mol. The van der Waals surface area contributed by atoms with E-state index in [4.69, 9.17) is 9.47 Å². The predicted octanol–water partition coefficient (Wildman–Crippen LogP) is 2.16. The first kappa shape index (κ1) is 17.7. The SMILES string of the molecule is Cl.O=C(c1ccc2c(c1)OCO2)N1CCN(CC(F)(F)F)CC1. The van der Waals surface area contributed by atoms with Gasteiger partial charge in [0.1, 0.15) is 0 Å². The molecule has 0 N–H and O–H groups in total. The third-order valence-electron chi connectivity index (χ3n) is 3.68. The van der Waals surface area contributed by atoms with Gasteiger partial charge in [-0.05, 0) is 18.2 Å². The van der Waals surface area contributed by atoms with Gasteiger partial charge in [-0.15, -0.1) is 12.4 Å². The number of hydrogen-bond acceptors (Lipinski definition) is 4. The van der Waals surface area contributed by atoms with E-state index in [1.165, 1.54) is 4.90 Å². The van der Waals surface area contributed by atoms with Crippen LogP contribution in [0.5, 0.6) is 11.5 Å². The molecule has 2 heterocycles. The largest absolute Gasteiger partial charge is 0.454 e. The van der Waals surface area contributed by atoms with Crippen LogP contribution < -0.4 is 9.47 Å². The van der Waals surface area contributed by atoms with Gasteiger partial charge < -0.3 is 14.4 Å². The fraction of sp³-hybridized carbons (Fsp3) is 0.500. The first-order valence-corrected chi connectivity index (χ1v) is 6.90. The summed E-state index contributed by atoms with van der Waals surface area (Å²) in [6.45, 7) is 0.195. The van der Waals surface area contributed by atoms with Crippen molar-refractivity contribution in [2.24, 2.45) is 0 Å². The topological polar surface area (TPSA) is 42.0 Å². The Morgan fingerprint density at radius 1 is 1.09 bits per heavy atom. The van der Waals surface area contributed by atoms with Crippen molar-refractivity contribution < 1.29 is 27.4 Å². The highest BCUT2D eigenvalue weighted by Gasteiger charge is 2.33. The van der Waals surface area contributed by atoms with Crippen LogP contribution in [-0.2, 0) is 0 Å². The maximum atomic E-state index is 12.4. The Labute approximate surface area is 137 Å². The van der Waals surface area contributed by atoms with Crippen LogP contribution in [0.25, 0.3) is 0 Å². The molecule has 3 rings (SSSR count). The van der Waals surface area contributed by atoms with Crippen molar-refractivity contribution in [3.8, 4) is 11.5 Å². The van der Waals surface area contributed by atoms with Gasteiger partial charge in [-0.2, -0.15) is 13.2 Å². The van der Waals surface area contributed by atoms with Gasteiger partial charge in [0.05, 0.1) is 6.54 Å². The Hall–Kier alpha value is -1.67.